The van der Waals surface area contributed by atoms with Gasteiger partial charge in [-0.3, -0.25) is 4.79 Å². The van der Waals surface area contributed by atoms with Crippen molar-refractivity contribution in [2.24, 2.45) is 0 Å². The van der Waals surface area contributed by atoms with Gasteiger partial charge >= 0.3 is 0 Å². The highest BCUT2D eigenvalue weighted by Crippen LogP contribution is 2.11. The maximum Gasteiger partial charge on any atom is 0.236 e. The summed E-state index contributed by atoms with van der Waals surface area (Å²) >= 11 is 0. The maximum absolute atomic E-state index is 11.8. The van der Waals surface area contributed by atoms with Crippen LogP contribution in [0.5, 0.6) is 0 Å². The van der Waals surface area contributed by atoms with E-state index in [1.807, 2.05) is 0 Å². The van der Waals surface area contributed by atoms with Gasteiger partial charge in [-0.05, 0) is 6.42 Å². The van der Waals surface area contributed by atoms with E-state index in [1.54, 1.807) is 4.90 Å². The number of rotatable bonds is 3. The van der Waals surface area contributed by atoms with Gasteiger partial charge in [-0.1, -0.05) is 0 Å². The van der Waals surface area contributed by atoms with Gasteiger partial charge < -0.3 is 15.0 Å². The molecule has 0 spiro atoms. The molecule has 2 fully saturated rings. The van der Waals surface area contributed by atoms with Gasteiger partial charge in [0.1, 0.15) is 0 Å². The van der Waals surface area contributed by atoms with Crippen LogP contribution < -0.4 is 5.32 Å². The lowest BCUT2D eigenvalue weighted by molar-refractivity contribution is -0.134. The van der Waals surface area contributed by atoms with E-state index >= 15 is 0 Å². The van der Waals surface area contributed by atoms with Crippen molar-refractivity contribution in [3.05, 3.63) is 0 Å². The Balaban J connectivity index is 1.73. The average molecular weight is 262 g/mol. The molecule has 17 heavy (non-hydrogen) atoms. The van der Waals surface area contributed by atoms with E-state index in [0.717, 1.165) is 0 Å². The number of nitrogens with one attached hydrogen (secondary N) is 1. The minimum atomic E-state index is -2.88. The van der Waals surface area contributed by atoms with Gasteiger partial charge in [0.2, 0.25) is 5.91 Å². The van der Waals surface area contributed by atoms with Crippen molar-refractivity contribution in [2.45, 2.75) is 12.5 Å². The summed E-state index contributed by atoms with van der Waals surface area (Å²) in [5.74, 6) is 0.414. The molecular formula is C10H18N2O4S. The minimum absolute atomic E-state index is 0.0256. The van der Waals surface area contributed by atoms with E-state index in [4.69, 9.17) is 4.74 Å². The van der Waals surface area contributed by atoms with Gasteiger partial charge in [-0.25, -0.2) is 8.42 Å². The first-order chi connectivity index (χ1) is 8.07. The van der Waals surface area contributed by atoms with Crippen LogP contribution in [0.3, 0.4) is 0 Å². The first-order valence-electron chi connectivity index (χ1n) is 5.86. The molecule has 1 N–H and O–H groups in total. The zero-order valence-corrected chi connectivity index (χ0v) is 10.5. The summed E-state index contributed by atoms with van der Waals surface area (Å²) in [4.78, 5) is 13.5. The molecule has 2 rings (SSSR count). The van der Waals surface area contributed by atoms with E-state index in [9.17, 15) is 13.2 Å². The monoisotopic (exact) mass is 262 g/mol. The van der Waals surface area contributed by atoms with E-state index in [-0.39, 0.29) is 30.0 Å². The number of hydrogen-bond acceptors (Lipinski definition) is 5. The molecular weight excluding hydrogens is 244 g/mol. The largest absolute Gasteiger partial charge is 0.378 e. The fourth-order valence-corrected chi connectivity index (χ4v) is 3.82. The van der Waals surface area contributed by atoms with Gasteiger partial charge in [0.15, 0.2) is 9.84 Å². The molecule has 2 saturated heterocycles. The van der Waals surface area contributed by atoms with Gasteiger partial charge in [0.05, 0.1) is 31.3 Å². The molecule has 2 heterocycles. The Bertz CT molecular complexity index is 376. The Morgan fingerprint density at radius 1 is 1.35 bits per heavy atom. The predicted molar refractivity (Wildman–Crippen MR) is 62.5 cm³/mol. The lowest BCUT2D eigenvalue weighted by Gasteiger charge is -2.27. The predicted octanol–water partition coefficient (Wildman–Crippen LogP) is -1.38. The summed E-state index contributed by atoms with van der Waals surface area (Å²) in [7, 11) is -2.88. The molecule has 0 aromatic carbocycles. The molecule has 1 amide bonds. The number of morpholine rings is 1. The zero-order valence-electron chi connectivity index (χ0n) is 9.72. The normalized spacial score (nSPS) is 28.2. The Morgan fingerprint density at radius 2 is 2.06 bits per heavy atom. The Hall–Kier alpha value is -0.660. The standard InChI is InChI=1S/C10H18N2O4S/c13-10(12-2-4-16-5-3-12)7-11-9-1-6-17(14,15)8-9/h9,11H,1-8H2. The number of nitrogens with zero attached hydrogens (tertiary/aromatic N) is 1. The van der Waals surface area contributed by atoms with Gasteiger partial charge in [-0.2, -0.15) is 0 Å². The fourth-order valence-electron chi connectivity index (χ4n) is 2.11. The maximum atomic E-state index is 11.8. The van der Waals surface area contributed by atoms with Crippen molar-refractivity contribution in [3.63, 3.8) is 0 Å². The summed E-state index contributed by atoms with van der Waals surface area (Å²) in [5, 5.41) is 3.02. The van der Waals surface area contributed by atoms with E-state index in [1.165, 1.54) is 0 Å². The molecule has 1 atom stereocenters. The second-order valence-electron chi connectivity index (χ2n) is 4.47. The number of sulfone groups is 1. The van der Waals surface area contributed by atoms with E-state index < -0.39 is 9.84 Å². The van der Waals surface area contributed by atoms with Crippen LogP contribution in [0.15, 0.2) is 0 Å². The van der Waals surface area contributed by atoms with Crippen molar-refractivity contribution in [1.82, 2.24) is 10.2 Å². The molecule has 2 aliphatic heterocycles. The summed E-state index contributed by atoms with van der Waals surface area (Å²) in [5.41, 5.74) is 0. The van der Waals surface area contributed by atoms with Crippen LogP contribution in [-0.4, -0.2) is 69.6 Å². The highest BCUT2D eigenvalue weighted by atomic mass is 32.2. The highest BCUT2D eigenvalue weighted by molar-refractivity contribution is 7.91. The van der Waals surface area contributed by atoms with Crippen LogP contribution in [0.4, 0.5) is 0 Å². The average Bonchev–Trinajstić information content (AvgIpc) is 2.67. The minimum Gasteiger partial charge on any atom is -0.378 e. The summed E-state index contributed by atoms with van der Waals surface area (Å²) in [6.07, 6.45) is 0.610. The lowest BCUT2D eigenvalue weighted by atomic mass is 10.2. The van der Waals surface area contributed by atoms with Crippen LogP contribution in [-0.2, 0) is 19.4 Å². The molecule has 7 heteroatoms. The smallest absolute Gasteiger partial charge is 0.236 e. The summed E-state index contributed by atoms with van der Waals surface area (Å²) in [6, 6.07) is -0.0648. The van der Waals surface area contributed by atoms with Crippen molar-refractivity contribution in [3.8, 4) is 0 Å². The lowest BCUT2D eigenvalue weighted by Crippen LogP contribution is -2.46. The van der Waals surface area contributed by atoms with Crippen molar-refractivity contribution < 1.29 is 17.9 Å². The second-order valence-corrected chi connectivity index (χ2v) is 6.70. The molecule has 0 aromatic heterocycles. The molecule has 1 unspecified atom stereocenters. The summed E-state index contributed by atoms with van der Waals surface area (Å²) < 4.78 is 27.6. The number of amides is 1. The number of carbonyl (C=O) groups excluding carboxylic acids is 1. The highest BCUT2D eigenvalue weighted by Gasteiger charge is 2.28. The first kappa shape index (κ1) is 12.8. The second kappa shape index (κ2) is 5.32. The molecule has 2 aliphatic rings. The number of hydrogen-bond donors (Lipinski definition) is 1. The van der Waals surface area contributed by atoms with Crippen molar-refractivity contribution in [2.75, 3.05) is 44.4 Å². The topological polar surface area (TPSA) is 75.7 Å². The van der Waals surface area contributed by atoms with E-state index in [2.05, 4.69) is 5.32 Å². The molecule has 6 nitrogen and oxygen atoms in total. The molecule has 0 aromatic rings. The van der Waals surface area contributed by atoms with Gasteiger partial charge in [-0.15, -0.1) is 0 Å². The summed E-state index contributed by atoms with van der Waals surface area (Å²) in [6.45, 7) is 2.65. The quantitative estimate of drug-likeness (QED) is 0.678. The molecule has 0 radical (unpaired) electrons. The van der Waals surface area contributed by atoms with Crippen LogP contribution in [0, 0.1) is 0 Å². The number of carbonyl (C=O) groups is 1. The fraction of sp³-hybridized carbons (Fsp3) is 0.900. The van der Waals surface area contributed by atoms with Crippen molar-refractivity contribution >= 4 is 15.7 Å². The van der Waals surface area contributed by atoms with Crippen LogP contribution in [0.25, 0.3) is 0 Å². The molecule has 0 bridgehead atoms. The number of ether oxygens (including phenoxy) is 1. The third kappa shape index (κ3) is 3.65. The third-order valence-electron chi connectivity index (χ3n) is 3.14. The molecule has 98 valence electrons. The Kier molecular flexibility index (Phi) is 4.01. The third-order valence-corrected chi connectivity index (χ3v) is 4.91. The molecule has 0 saturated carbocycles. The van der Waals surface area contributed by atoms with Crippen LogP contribution in [0.1, 0.15) is 6.42 Å². The Morgan fingerprint density at radius 3 is 2.65 bits per heavy atom. The first-order valence-corrected chi connectivity index (χ1v) is 7.68. The van der Waals surface area contributed by atoms with Crippen LogP contribution in [0.2, 0.25) is 0 Å². The van der Waals surface area contributed by atoms with E-state index in [0.29, 0.717) is 32.7 Å². The van der Waals surface area contributed by atoms with Gasteiger partial charge in [0, 0.05) is 19.1 Å². The SMILES string of the molecule is O=C(CNC1CCS(=O)(=O)C1)N1CCOCC1. The van der Waals surface area contributed by atoms with Gasteiger partial charge in [0.25, 0.3) is 0 Å². The van der Waals surface area contributed by atoms with Crippen molar-refractivity contribution in [1.29, 1.82) is 0 Å². The Labute approximate surface area is 101 Å². The van der Waals surface area contributed by atoms with Crippen LogP contribution >= 0.6 is 0 Å². The zero-order chi connectivity index (χ0) is 12.3. The molecule has 0 aliphatic carbocycles.